The van der Waals surface area contributed by atoms with Gasteiger partial charge >= 0.3 is 5.97 Å². The molecule has 3 aliphatic rings. The van der Waals surface area contributed by atoms with Crippen LogP contribution in [0.25, 0.3) is 0 Å². The fourth-order valence-electron chi connectivity index (χ4n) is 6.04. The fourth-order valence-corrected chi connectivity index (χ4v) is 6.28. The Hall–Kier alpha value is -3.51. The number of ether oxygens (including phenoxy) is 7. The third-order valence-electron chi connectivity index (χ3n) is 8.98. The van der Waals surface area contributed by atoms with Gasteiger partial charge in [-0.05, 0) is 29.8 Å². The van der Waals surface area contributed by atoms with E-state index in [1.807, 2.05) is 18.2 Å². The minimum atomic E-state index is -1.71. The third-order valence-corrected chi connectivity index (χ3v) is 9.30. The van der Waals surface area contributed by atoms with E-state index in [0.29, 0.717) is 16.3 Å². The molecule has 11 atom stereocenters. The number of nitrogens with zero attached hydrogens (tertiary/aromatic N) is 1. The number of benzene rings is 3. The first-order valence-electron chi connectivity index (χ1n) is 16.4. The van der Waals surface area contributed by atoms with Crippen LogP contribution in [0.15, 0.2) is 78.9 Å². The number of hydrogen-bond acceptors (Lipinski definition) is 13. The van der Waals surface area contributed by atoms with Crippen molar-refractivity contribution in [2.45, 2.75) is 81.2 Å². The lowest BCUT2D eigenvalue weighted by Crippen LogP contribution is -2.66. The van der Waals surface area contributed by atoms with Crippen LogP contribution in [0.1, 0.15) is 34.7 Å². The zero-order valence-corrected chi connectivity index (χ0v) is 28.5. The molecule has 0 aromatic heterocycles. The third kappa shape index (κ3) is 8.43. The number of halogens is 1. The normalized spacial score (nSPS) is 32.1. The quantitative estimate of drug-likeness (QED) is 0.223. The first-order valence-corrected chi connectivity index (χ1v) is 16.8. The molecular weight excluding hydrogens is 690 g/mol. The van der Waals surface area contributed by atoms with Gasteiger partial charge in [-0.1, -0.05) is 66.2 Å². The average molecular weight is 730 g/mol. The van der Waals surface area contributed by atoms with Crippen molar-refractivity contribution in [1.29, 1.82) is 0 Å². The summed E-state index contributed by atoms with van der Waals surface area (Å²) in [7, 11) is 1.57. The Morgan fingerprint density at radius 3 is 2.25 bits per heavy atom. The van der Waals surface area contributed by atoms with E-state index in [4.69, 9.17) is 44.8 Å². The Morgan fingerprint density at radius 2 is 1.55 bits per heavy atom. The van der Waals surface area contributed by atoms with Gasteiger partial charge in [-0.15, -0.1) is 0 Å². The summed E-state index contributed by atoms with van der Waals surface area (Å²) in [6.45, 7) is 0.794. The van der Waals surface area contributed by atoms with Crippen LogP contribution >= 0.6 is 11.6 Å². The van der Waals surface area contributed by atoms with Crippen molar-refractivity contribution >= 4 is 29.2 Å². The molecule has 3 aromatic rings. The van der Waals surface area contributed by atoms with Crippen LogP contribution in [0, 0.1) is 0 Å². The Balaban J connectivity index is 1.16. The molecule has 6 rings (SSSR count). The summed E-state index contributed by atoms with van der Waals surface area (Å²) >= 11 is 6.29. The van der Waals surface area contributed by atoms with Crippen LogP contribution in [0.5, 0.6) is 0 Å². The Bertz CT molecular complexity index is 1630. The van der Waals surface area contributed by atoms with E-state index in [9.17, 15) is 30.0 Å². The standard InChI is InChI=1S/C36H40ClNO13/c1-19(39)38(2)24-15-20(13-14-23(24)37)16-46-35-29(42)27(40)32(25(48-35)17-45-33(44)21-9-5-3-6-10-21)51-36-30(43)28(41)31-26(49-36)18-47-34(50-31)22-11-7-4-8-12-22/h3-15,25-32,34-36,40-43H,16-18H2,1-2H3/t25-,26-,27-,28-,29-,30-,31-,32-,34?,35-,36-/m1/s1. The summed E-state index contributed by atoms with van der Waals surface area (Å²) in [4.78, 5) is 26.1. The maximum Gasteiger partial charge on any atom is 0.338 e. The number of esters is 1. The number of rotatable bonds is 10. The van der Waals surface area contributed by atoms with Gasteiger partial charge in [0.2, 0.25) is 5.91 Å². The molecule has 274 valence electrons. The molecule has 0 radical (unpaired) electrons. The van der Waals surface area contributed by atoms with Crippen molar-refractivity contribution in [3.05, 3.63) is 101 Å². The monoisotopic (exact) mass is 729 g/mol. The number of fused-ring (bicyclic) bond motifs is 1. The average Bonchev–Trinajstić information content (AvgIpc) is 3.15. The number of hydrogen-bond donors (Lipinski definition) is 4. The van der Waals surface area contributed by atoms with Gasteiger partial charge in [0.25, 0.3) is 0 Å². The topological polar surface area (TPSA) is 183 Å². The van der Waals surface area contributed by atoms with E-state index in [1.165, 1.54) is 11.8 Å². The zero-order valence-electron chi connectivity index (χ0n) is 27.8. The van der Waals surface area contributed by atoms with Crippen LogP contribution in [0.2, 0.25) is 5.02 Å². The minimum Gasteiger partial charge on any atom is -0.459 e. The summed E-state index contributed by atoms with van der Waals surface area (Å²) in [6.07, 6.45) is -14.8. The van der Waals surface area contributed by atoms with E-state index < -0.39 is 80.3 Å². The predicted octanol–water partition coefficient (Wildman–Crippen LogP) is 2.09. The van der Waals surface area contributed by atoms with Crippen LogP contribution in [0.4, 0.5) is 5.69 Å². The number of carbonyl (C=O) groups is 2. The van der Waals surface area contributed by atoms with Gasteiger partial charge in [0.05, 0.1) is 29.5 Å². The van der Waals surface area contributed by atoms with Gasteiger partial charge in [0.15, 0.2) is 18.9 Å². The largest absolute Gasteiger partial charge is 0.459 e. The molecule has 0 spiro atoms. The second-order valence-corrected chi connectivity index (χ2v) is 12.9. The molecule has 4 N–H and O–H groups in total. The summed E-state index contributed by atoms with van der Waals surface area (Å²) in [5.74, 6) is -0.922. The molecule has 1 amide bonds. The van der Waals surface area contributed by atoms with Gasteiger partial charge in [-0.2, -0.15) is 0 Å². The molecule has 15 heteroatoms. The van der Waals surface area contributed by atoms with Crippen LogP contribution in [0.3, 0.4) is 0 Å². The molecule has 0 bridgehead atoms. The van der Waals surface area contributed by atoms with E-state index in [0.717, 1.165) is 5.56 Å². The van der Waals surface area contributed by atoms with Crippen LogP contribution < -0.4 is 4.90 Å². The number of aliphatic hydroxyl groups excluding tert-OH is 4. The summed E-state index contributed by atoms with van der Waals surface area (Å²) < 4.78 is 41.2. The van der Waals surface area contributed by atoms with E-state index >= 15 is 0 Å². The number of aliphatic hydroxyl groups is 4. The van der Waals surface area contributed by atoms with Crippen molar-refractivity contribution in [3.63, 3.8) is 0 Å². The molecule has 3 aliphatic heterocycles. The molecule has 3 fully saturated rings. The molecule has 0 saturated carbocycles. The van der Waals surface area contributed by atoms with Crippen LogP contribution in [-0.2, 0) is 44.6 Å². The number of anilines is 1. The molecule has 3 heterocycles. The smallest absolute Gasteiger partial charge is 0.338 e. The zero-order chi connectivity index (χ0) is 36.2. The van der Waals surface area contributed by atoms with Gasteiger partial charge < -0.3 is 58.5 Å². The summed E-state index contributed by atoms with van der Waals surface area (Å²) in [5.41, 5.74) is 2.00. The van der Waals surface area contributed by atoms with Crippen molar-refractivity contribution in [2.24, 2.45) is 0 Å². The lowest BCUT2D eigenvalue weighted by atomic mass is 9.96. The first-order chi connectivity index (χ1) is 24.5. The molecule has 1 unspecified atom stereocenters. The lowest BCUT2D eigenvalue weighted by Gasteiger charge is -2.48. The lowest BCUT2D eigenvalue weighted by molar-refractivity contribution is -0.386. The fraction of sp³-hybridized carbons (Fsp3) is 0.444. The van der Waals surface area contributed by atoms with Gasteiger partial charge in [-0.25, -0.2) is 4.79 Å². The Kier molecular flexibility index (Phi) is 12.0. The second-order valence-electron chi connectivity index (χ2n) is 12.5. The highest BCUT2D eigenvalue weighted by Gasteiger charge is 2.53. The van der Waals surface area contributed by atoms with Crippen molar-refractivity contribution < 1.29 is 63.2 Å². The SMILES string of the molecule is CC(=O)N(C)c1cc(CO[C@@H]2O[C@H](COC(=O)c3ccccc3)[C@@H](O[C@H]3O[C@@H]4COC(c5ccccc5)O[C@H]4[C@H](O)[C@H]3O)[C@H](O)[C@H]2O)ccc1Cl. The molecule has 0 aliphatic carbocycles. The van der Waals surface area contributed by atoms with Crippen molar-refractivity contribution in [3.8, 4) is 0 Å². The molecule has 14 nitrogen and oxygen atoms in total. The van der Waals surface area contributed by atoms with Crippen molar-refractivity contribution in [2.75, 3.05) is 25.2 Å². The highest BCUT2D eigenvalue weighted by Crippen LogP contribution is 2.36. The van der Waals surface area contributed by atoms with E-state index in [-0.39, 0.29) is 24.7 Å². The van der Waals surface area contributed by atoms with Crippen LogP contribution in [-0.4, -0.2) is 114 Å². The maximum atomic E-state index is 12.8. The molecule has 51 heavy (non-hydrogen) atoms. The highest BCUT2D eigenvalue weighted by molar-refractivity contribution is 6.33. The van der Waals surface area contributed by atoms with Crippen molar-refractivity contribution in [1.82, 2.24) is 0 Å². The molecule has 3 aromatic carbocycles. The molecular formula is C36H40ClNO13. The first kappa shape index (κ1) is 37.3. The number of carbonyl (C=O) groups excluding carboxylic acids is 2. The maximum absolute atomic E-state index is 12.8. The van der Waals surface area contributed by atoms with E-state index in [1.54, 1.807) is 67.7 Å². The highest BCUT2D eigenvalue weighted by atomic mass is 35.5. The predicted molar refractivity (Wildman–Crippen MR) is 178 cm³/mol. The number of amides is 1. The Morgan fingerprint density at radius 1 is 0.863 bits per heavy atom. The minimum absolute atomic E-state index is 0.0110. The van der Waals surface area contributed by atoms with Gasteiger partial charge in [-0.3, -0.25) is 4.79 Å². The Labute approximate surface area is 298 Å². The molecule has 3 saturated heterocycles. The summed E-state index contributed by atoms with van der Waals surface area (Å²) in [5, 5.41) is 45.0. The summed E-state index contributed by atoms with van der Waals surface area (Å²) in [6, 6.07) is 22.2. The second kappa shape index (κ2) is 16.4. The van der Waals surface area contributed by atoms with E-state index in [2.05, 4.69) is 0 Å². The van der Waals surface area contributed by atoms with Gasteiger partial charge in [0, 0.05) is 19.5 Å². The van der Waals surface area contributed by atoms with Gasteiger partial charge in [0.1, 0.15) is 55.4 Å².